The second-order valence-corrected chi connectivity index (χ2v) is 14.9. The van der Waals surface area contributed by atoms with Crippen LogP contribution < -0.4 is 4.90 Å². The van der Waals surface area contributed by atoms with E-state index in [4.69, 9.17) is 0 Å². The van der Waals surface area contributed by atoms with Gasteiger partial charge < -0.3 is 4.90 Å². The number of hydrogen-bond donors (Lipinski definition) is 0. The topological polar surface area (TPSA) is 3.24 Å². The molecule has 11 aromatic rings. The van der Waals surface area contributed by atoms with Crippen molar-refractivity contribution in [1.82, 2.24) is 0 Å². The molecule has 0 aliphatic carbocycles. The second-order valence-electron chi connectivity index (χ2n) is 14.9. The molecular weight excluding hydrogens is 687 g/mol. The molecule has 0 fully saturated rings. The van der Waals surface area contributed by atoms with Crippen molar-refractivity contribution in [3.63, 3.8) is 0 Å². The van der Waals surface area contributed by atoms with Crippen molar-refractivity contribution in [2.45, 2.75) is 0 Å². The van der Waals surface area contributed by atoms with Crippen LogP contribution in [0.25, 0.3) is 87.2 Å². The van der Waals surface area contributed by atoms with Crippen LogP contribution in [-0.4, -0.2) is 0 Å². The van der Waals surface area contributed by atoms with Gasteiger partial charge in [0, 0.05) is 16.9 Å². The van der Waals surface area contributed by atoms with Gasteiger partial charge in [0.05, 0.1) is 5.69 Å². The van der Waals surface area contributed by atoms with E-state index in [-0.39, 0.29) is 0 Å². The molecule has 266 valence electrons. The van der Waals surface area contributed by atoms with E-state index in [9.17, 15) is 0 Å². The summed E-state index contributed by atoms with van der Waals surface area (Å²) in [6, 6.07) is 82.2. The Morgan fingerprint density at radius 1 is 0.246 bits per heavy atom. The highest BCUT2D eigenvalue weighted by Crippen LogP contribution is 2.46. The molecule has 0 atom stereocenters. The van der Waals surface area contributed by atoms with E-state index in [1.807, 2.05) is 0 Å². The largest absolute Gasteiger partial charge is 0.310 e. The van der Waals surface area contributed by atoms with Crippen molar-refractivity contribution in [2.75, 3.05) is 4.90 Å². The highest BCUT2D eigenvalue weighted by molar-refractivity contribution is 6.22. The summed E-state index contributed by atoms with van der Waals surface area (Å²) in [6.07, 6.45) is 0. The van der Waals surface area contributed by atoms with Crippen LogP contribution in [0.2, 0.25) is 0 Å². The summed E-state index contributed by atoms with van der Waals surface area (Å²) >= 11 is 0. The Morgan fingerprint density at radius 2 is 0.825 bits per heavy atom. The van der Waals surface area contributed by atoms with Crippen LogP contribution in [-0.2, 0) is 0 Å². The molecule has 0 radical (unpaired) electrons. The fourth-order valence-electron chi connectivity index (χ4n) is 8.87. The van der Waals surface area contributed by atoms with Crippen LogP contribution in [0.3, 0.4) is 0 Å². The number of fused-ring (bicyclic) bond motifs is 8. The Hall–Kier alpha value is -7.48. The Labute approximate surface area is 332 Å². The zero-order valence-electron chi connectivity index (χ0n) is 31.3. The van der Waals surface area contributed by atoms with E-state index in [0.717, 1.165) is 17.1 Å². The summed E-state index contributed by atoms with van der Waals surface area (Å²) in [7, 11) is 0. The first-order valence-electron chi connectivity index (χ1n) is 19.7. The van der Waals surface area contributed by atoms with Gasteiger partial charge in [0.25, 0.3) is 0 Å². The van der Waals surface area contributed by atoms with Crippen LogP contribution in [0.4, 0.5) is 17.1 Å². The third-order valence-corrected chi connectivity index (χ3v) is 11.6. The van der Waals surface area contributed by atoms with Gasteiger partial charge in [0.1, 0.15) is 0 Å². The Morgan fingerprint density at radius 3 is 1.63 bits per heavy atom. The second kappa shape index (κ2) is 13.7. The molecular formula is C56H37N. The lowest BCUT2D eigenvalue weighted by atomic mass is 9.90. The summed E-state index contributed by atoms with van der Waals surface area (Å²) in [4.78, 5) is 2.45. The summed E-state index contributed by atoms with van der Waals surface area (Å²) in [5.41, 5.74) is 10.4. The molecule has 0 bridgehead atoms. The third-order valence-electron chi connectivity index (χ3n) is 11.6. The van der Waals surface area contributed by atoms with Crippen LogP contribution in [0, 0.1) is 0 Å². The average molecular weight is 724 g/mol. The highest BCUT2D eigenvalue weighted by Gasteiger charge is 2.20. The molecule has 0 saturated heterocycles. The van der Waals surface area contributed by atoms with Crippen molar-refractivity contribution in [1.29, 1.82) is 0 Å². The van der Waals surface area contributed by atoms with Crippen molar-refractivity contribution < 1.29 is 0 Å². The molecule has 1 heteroatoms. The van der Waals surface area contributed by atoms with Crippen LogP contribution in [0.15, 0.2) is 224 Å². The first kappa shape index (κ1) is 32.9. The summed E-state index contributed by atoms with van der Waals surface area (Å²) in [6.45, 7) is 0. The van der Waals surface area contributed by atoms with Crippen molar-refractivity contribution in [3.8, 4) is 33.4 Å². The SMILES string of the molecule is c1ccc(-c2cccc(N(c3ccc4ccc5ccccc5c4c3)c3ccc(-c4cccc5c4ccc4ccc6ccccc6c45)cc3-c3ccccc3)c2)cc1. The molecule has 0 amide bonds. The zero-order valence-corrected chi connectivity index (χ0v) is 31.3. The van der Waals surface area contributed by atoms with Crippen LogP contribution in [0.5, 0.6) is 0 Å². The Balaban J connectivity index is 1.16. The van der Waals surface area contributed by atoms with E-state index < -0.39 is 0 Å². The van der Waals surface area contributed by atoms with Crippen LogP contribution >= 0.6 is 0 Å². The Kier molecular flexibility index (Phi) is 7.89. The molecule has 0 N–H and O–H groups in total. The maximum atomic E-state index is 2.45. The fourth-order valence-corrected chi connectivity index (χ4v) is 8.87. The standard InChI is InChI=1S/C56H37N/c1-3-13-38(14-4-1)44-19-11-20-46(35-44)57(47-32-29-42-26-25-40-17-7-9-21-48(40)53(42)37-47)55-34-31-45(36-54(55)39-15-5-2-6-16-39)49-23-12-24-52-51(49)33-30-43-28-27-41-18-8-10-22-50(41)56(43)52/h1-37H. The van der Waals surface area contributed by atoms with Gasteiger partial charge in [-0.1, -0.05) is 188 Å². The molecule has 0 aliphatic rings. The predicted molar refractivity (Wildman–Crippen MR) is 245 cm³/mol. The summed E-state index contributed by atoms with van der Waals surface area (Å²) in [5, 5.41) is 12.6. The minimum atomic E-state index is 1.10. The maximum Gasteiger partial charge on any atom is 0.0540 e. The van der Waals surface area contributed by atoms with Crippen LogP contribution in [0.1, 0.15) is 0 Å². The third kappa shape index (κ3) is 5.72. The molecule has 0 heterocycles. The van der Waals surface area contributed by atoms with E-state index in [2.05, 4.69) is 229 Å². The molecule has 0 aromatic heterocycles. The normalized spacial score (nSPS) is 11.5. The van der Waals surface area contributed by atoms with Gasteiger partial charge in [0.2, 0.25) is 0 Å². The monoisotopic (exact) mass is 723 g/mol. The minimum absolute atomic E-state index is 1.10. The molecule has 0 saturated carbocycles. The summed E-state index contributed by atoms with van der Waals surface area (Å²) in [5.74, 6) is 0. The number of anilines is 3. The van der Waals surface area contributed by atoms with Gasteiger partial charge in [-0.15, -0.1) is 0 Å². The highest BCUT2D eigenvalue weighted by atomic mass is 15.1. The number of benzene rings is 11. The van der Waals surface area contributed by atoms with E-state index in [0.29, 0.717) is 0 Å². The first-order chi connectivity index (χ1) is 28.3. The van der Waals surface area contributed by atoms with Gasteiger partial charge in [-0.05, 0) is 118 Å². The number of rotatable bonds is 6. The van der Waals surface area contributed by atoms with Crippen molar-refractivity contribution in [2.24, 2.45) is 0 Å². The molecule has 11 aromatic carbocycles. The van der Waals surface area contributed by atoms with E-state index >= 15 is 0 Å². The molecule has 57 heavy (non-hydrogen) atoms. The van der Waals surface area contributed by atoms with Crippen molar-refractivity contribution in [3.05, 3.63) is 224 Å². The van der Waals surface area contributed by atoms with Gasteiger partial charge in [-0.2, -0.15) is 0 Å². The number of hydrogen-bond acceptors (Lipinski definition) is 1. The number of nitrogens with zero attached hydrogens (tertiary/aromatic N) is 1. The van der Waals surface area contributed by atoms with Crippen molar-refractivity contribution >= 4 is 70.9 Å². The molecule has 1 nitrogen and oxygen atoms in total. The smallest absolute Gasteiger partial charge is 0.0540 e. The fraction of sp³-hybridized carbons (Fsp3) is 0. The molecule has 11 rings (SSSR count). The van der Waals surface area contributed by atoms with Gasteiger partial charge in [0.15, 0.2) is 0 Å². The maximum absolute atomic E-state index is 2.45. The van der Waals surface area contributed by atoms with E-state index in [1.165, 1.54) is 87.2 Å². The van der Waals surface area contributed by atoms with E-state index in [1.54, 1.807) is 0 Å². The zero-order chi connectivity index (χ0) is 37.7. The van der Waals surface area contributed by atoms with Gasteiger partial charge in [-0.3, -0.25) is 0 Å². The first-order valence-corrected chi connectivity index (χ1v) is 19.7. The van der Waals surface area contributed by atoms with Gasteiger partial charge in [-0.25, -0.2) is 0 Å². The summed E-state index contributed by atoms with van der Waals surface area (Å²) < 4.78 is 0. The Bertz CT molecular complexity index is 3290. The average Bonchev–Trinajstić information content (AvgIpc) is 3.29. The lowest BCUT2D eigenvalue weighted by molar-refractivity contribution is 1.29. The lowest BCUT2D eigenvalue weighted by Gasteiger charge is -2.29. The quantitative estimate of drug-likeness (QED) is 0.154. The molecule has 0 unspecified atom stereocenters. The molecule has 0 spiro atoms. The van der Waals surface area contributed by atoms with Gasteiger partial charge >= 0.3 is 0 Å². The molecule has 0 aliphatic heterocycles. The predicted octanol–water partition coefficient (Wildman–Crippen LogP) is 15.9. The minimum Gasteiger partial charge on any atom is -0.310 e. The lowest BCUT2D eigenvalue weighted by Crippen LogP contribution is -2.11.